The molecule has 2 aromatic carbocycles. The molecule has 5 rings (SSSR count). The third-order valence-corrected chi connectivity index (χ3v) is 6.69. The highest BCUT2D eigenvalue weighted by molar-refractivity contribution is 7.98. The molecule has 2 N–H and O–H groups in total. The molecule has 30 heavy (non-hydrogen) atoms. The summed E-state index contributed by atoms with van der Waals surface area (Å²) in [4.78, 5) is 20.9. The summed E-state index contributed by atoms with van der Waals surface area (Å²) in [5.41, 5.74) is 11.0. The van der Waals surface area contributed by atoms with Gasteiger partial charge in [-0.15, -0.1) is 11.8 Å². The Bertz CT molecular complexity index is 1190. The Morgan fingerprint density at radius 2 is 1.93 bits per heavy atom. The van der Waals surface area contributed by atoms with Gasteiger partial charge in [-0.1, -0.05) is 0 Å². The number of amides is 1. The number of benzene rings is 2. The van der Waals surface area contributed by atoms with Crippen LogP contribution in [0.4, 0.5) is 5.69 Å². The summed E-state index contributed by atoms with van der Waals surface area (Å²) in [6.07, 6.45) is 4.15. The number of carbonyl (C=O) groups excluding carboxylic acids is 1. The largest absolute Gasteiger partial charge is 0.497 e. The van der Waals surface area contributed by atoms with E-state index in [0.29, 0.717) is 23.8 Å². The Kier molecular flexibility index (Phi) is 4.50. The van der Waals surface area contributed by atoms with Crippen LogP contribution in [0.25, 0.3) is 22.0 Å². The summed E-state index contributed by atoms with van der Waals surface area (Å²) in [6, 6.07) is 10.1. The van der Waals surface area contributed by atoms with Gasteiger partial charge >= 0.3 is 0 Å². The first-order chi connectivity index (χ1) is 14.6. The number of carbonyl (C=O) groups is 1. The number of methoxy groups -OCH3 is 2. The Labute approximate surface area is 179 Å². The van der Waals surface area contributed by atoms with Crippen molar-refractivity contribution in [1.29, 1.82) is 0 Å². The number of nitrogens with two attached hydrogens (primary N) is 1. The number of rotatable bonds is 5. The molecule has 1 fully saturated rings. The predicted molar refractivity (Wildman–Crippen MR) is 119 cm³/mol. The fraction of sp³-hybridized carbons (Fsp3) is 0.304. The molecule has 0 atom stereocenters. The number of nitrogens with zero attached hydrogens (tertiary/aromatic N) is 2. The van der Waals surface area contributed by atoms with E-state index in [-0.39, 0.29) is 5.91 Å². The first-order valence-corrected chi connectivity index (χ1v) is 11.1. The highest BCUT2D eigenvalue weighted by Gasteiger charge is 2.40. The quantitative estimate of drug-likeness (QED) is 0.618. The van der Waals surface area contributed by atoms with E-state index >= 15 is 0 Å². The van der Waals surface area contributed by atoms with Crippen molar-refractivity contribution in [2.75, 3.05) is 26.2 Å². The molecule has 1 aliphatic heterocycles. The number of thioether (sulfide) groups is 1. The van der Waals surface area contributed by atoms with Gasteiger partial charge in [0.15, 0.2) is 0 Å². The van der Waals surface area contributed by atoms with E-state index in [9.17, 15) is 4.79 Å². The second-order valence-electron chi connectivity index (χ2n) is 7.62. The number of ether oxygens (including phenoxy) is 2. The van der Waals surface area contributed by atoms with Crippen molar-refractivity contribution >= 4 is 34.3 Å². The number of hydrogen-bond donors (Lipinski definition) is 1. The minimum absolute atomic E-state index is 0.00820. The molecule has 0 radical (unpaired) electrons. The van der Waals surface area contributed by atoms with Crippen molar-refractivity contribution in [3.8, 4) is 22.6 Å². The van der Waals surface area contributed by atoms with Crippen LogP contribution in [0.15, 0.2) is 35.2 Å². The van der Waals surface area contributed by atoms with Gasteiger partial charge in [-0.2, -0.15) is 0 Å². The highest BCUT2D eigenvalue weighted by Crippen LogP contribution is 2.45. The smallest absolute Gasteiger partial charge is 0.258 e. The number of pyridine rings is 1. The van der Waals surface area contributed by atoms with Gasteiger partial charge < -0.3 is 20.1 Å². The third kappa shape index (κ3) is 2.80. The van der Waals surface area contributed by atoms with Crippen LogP contribution in [0.3, 0.4) is 0 Å². The summed E-state index contributed by atoms with van der Waals surface area (Å²) in [5.74, 6) is 1.48. The van der Waals surface area contributed by atoms with Crippen LogP contribution >= 0.6 is 11.8 Å². The fourth-order valence-electron chi connectivity index (χ4n) is 4.24. The van der Waals surface area contributed by atoms with E-state index in [1.807, 2.05) is 41.5 Å². The van der Waals surface area contributed by atoms with Crippen molar-refractivity contribution < 1.29 is 14.3 Å². The Morgan fingerprint density at radius 3 is 2.60 bits per heavy atom. The summed E-state index contributed by atoms with van der Waals surface area (Å²) in [7, 11) is 3.30. The van der Waals surface area contributed by atoms with Crippen LogP contribution in [0.1, 0.15) is 28.9 Å². The molecule has 0 unspecified atom stereocenters. The highest BCUT2D eigenvalue weighted by atomic mass is 32.2. The molecular formula is C23H23N3O3S. The van der Waals surface area contributed by atoms with E-state index in [1.165, 1.54) is 0 Å². The SMILES string of the molecule is COc1ccc(OC)c(-c2c(SC)ccc3c(N)c4c(nc23)CN(C2CC2)C4=O)c1. The molecule has 3 aromatic rings. The van der Waals surface area contributed by atoms with Gasteiger partial charge in [-0.3, -0.25) is 4.79 Å². The Morgan fingerprint density at radius 1 is 1.13 bits per heavy atom. The summed E-state index contributed by atoms with van der Waals surface area (Å²) in [5, 5.41) is 0.789. The van der Waals surface area contributed by atoms with Crippen LogP contribution in [-0.2, 0) is 6.54 Å². The van der Waals surface area contributed by atoms with E-state index in [0.717, 1.165) is 57.0 Å². The van der Waals surface area contributed by atoms with Crippen molar-refractivity contribution in [3.05, 3.63) is 41.6 Å². The second-order valence-corrected chi connectivity index (χ2v) is 8.46. The zero-order chi connectivity index (χ0) is 21.0. The van der Waals surface area contributed by atoms with Crippen molar-refractivity contribution in [2.24, 2.45) is 0 Å². The van der Waals surface area contributed by atoms with Gasteiger partial charge in [-0.25, -0.2) is 4.98 Å². The molecule has 154 valence electrons. The van der Waals surface area contributed by atoms with E-state index < -0.39 is 0 Å². The van der Waals surface area contributed by atoms with Crippen molar-refractivity contribution in [1.82, 2.24) is 9.88 Å². The average molecular weight is 422 g/mol. The van der Waals surface area contributed by atoms with Gasteiger partial charge in [0.05, 0.1) is 43.2 Å². The minimum Gasteiger partial charge on any atom is -0.497 e. The normalized spacial score (nSPS) is 15.6. The number of fused-ring (bicyclic) bond motifs is 2. The lowest BCUT2D eigenvalue weighted by atomic mass is 9.98. The van der Waals surface area contributed by atoms with Gasteiger partial charge in [0.25, 0.3) is 5.91 Å². The van der Waals surface area contributed by atoms with Gasteiger partial charge in [0.2, 0.25) is 0 Å². The standard InChI is InChI=1S/C23H23N3O3S/c1-28-13-6-8-17(29-2)15(10-13)19-18(30-3)9-7-14-21(24)20-16(25-22(14)19)11-26(23(20)27)12-4-5-12/h6-10,12H,4-5,11H2,1-3H3,(H2,24,25). The average Bonchev–Trinajstić information content (AvgIpc) is 3.56. The molecule has 1 aromatic heterocycles. The van der Waals surface area contributed by atoms with Gasteiger partial charge in [0, 0.05) is 27.5 Å². The maximum atomic E-state index is 13.0. The van der Waals surface area contributed by atoms with E-state index in [1.54, 1.807) is 26.0 Å². The molecule has 1 saturated carbocycles. The third-order valence-electron chi connectivity index (χ3n) is 5.91. The molecule has 1 amide bonds. The first-order valence-electron chi connectivity index (χ1n) is 9.89. The molecule has 0 spiro atoms. The van der Waals surface area contributed by atoms with Crippen LogP contribution in [0.2, 0.25) is 0 Å². The maximum Gasteiger partial charge on any atom is 0.258 e. The van der Waals surface area contributed by atoms with Gasteiger partial charge in [0.1, 0.15) is 11.5 Å². The molecular weight excluding hydrogens is 398 g/mol. The van der Waals surface area contributed by atoms with Crippen molar-refractivity contribution in [3.63, 3.8) is 0 Å². The van der Waals surface area contributed by atoms with Crippen LogP contribution in [0.5, 0.6) is 11.5 Å². The molecule has 2 heterocycles. The molecule has 0 bridgehead atoms. The summed E-state index contributed by atoms with van der Waals surface area (Å²) in [6.45, 7) is 0.525. The molecule has 7 heteroatoms. The fourth-order valence-corrected chi connectivity index (χ4v) is 4.85. The van der Waals surface area contributed by atoms with Crippen LogP contribution < -0.4 is 15.2 Å². The van der Waals surface area contributed by atoms with Crippen LogP contribution in [0, 0.1) is 0 Å². The lowest BCUT2D eigenvalue weighted by Gasteiger charge is -2.17. The topological polar surface area (TPSA) is 77.7 Å². The zero-order valence-corrected chi connectivity index (χ0v) is 18.0. The van der Waals surface area contributed by atoms with Crippen molar-refractivity contribution in [2.45, 2.75) is 30.3 Å². The second kappa shape index (κ2) is 7.09. The van der Waals surface area contributed by atoms with E-state index in [2.05, 4.69) is 0 Å². The van der Waals surface area contributed by atoms with Gasteiger partial charge in [-0.05, 0) is 49.4 Å². The minimum atomic E-state index is 0.00820. The first kappa shape index (κ1) is 19.1. The van der Waals surface area contributed by atoms with Crippen LogP contribution in [-0.4, -0.2) is 42.3 Å². The number of anilines is 1. The van der Waals surface area contributed by atoms with E-state index in [4.69, 9.17) is 20.2 Å². The molecule has 6 nitrogen and oxygen atoms in total. The summed E-state index contributed by atoms with van der Waals surface area (Å²) < 4.78 is 11.1. The number of aromatic nitrogens is 1. The summed E-state index contributed by atoms with van der Waals surface area (Å²) >= 11 is 1.64. The molecule has 2 aliphatic rings. The number of nitrogen functional groups attached to an aromatic ring is 1. The lowest BCUT2D eigenvalue weighted by molar-refractivity contribution is 0.0767. The Balaban J connectivity index is 1.80. The predicted octanol–water partition coefficient (Wildman–Crippen LogP) is 4.34. The molecule has 1 aliphatic carbocycles. The Hall–Kier alpha value is -2.93. The zero-order valence-electron chi connectivity index (χ0n) is 17.2. The monoisotopic (exact) mass is 421 g/mol. The number of hydrogen-bond acceptors (Lipinski definition) is 6. The maximum absolute atomic E-state index is 13.0. The molecule has 0 saturated heterocycles. The lowest BCUT2D eigenvalue weighted by Crippen LogP contribution is -2.26.